The highest BCUT2D eigenvalue weighted by molar-refractivity contribution is 6.35. The Bertz CT molecular complexity index is 1280. The lowest BCUT2D eigenvalue weighted by Crippen LogP contribution is -2.34. The van der Waals surface area contributed by atoms with Gasteiger partial charge in [-0.3, -0.25) is 14.9 Å². The number of ether oxygens (including phenoxy) is 1. The number of urea groups is 1. The summed E-state index contributed by atoms with van der Waals surface area (Å²) in [6.45, 7) is 0. The minimum absolute atomic E-state index is 0.219. The third-order valence-electron chi connectivity index (χ3n) is 5.36. The van der Waals surface area contributed by atoms with Crippen molar-refractivity contribution < 1.29 is 19.1 Å². The average Bonchev–Trinajstić information content (AvgIpc) is 3.13. The highest BCUT2D eigenvalue weighted by Gasteiger charge is 2.24. The van der Waals surface area contributed by atoms with Gasteiger partial charge >= 0.3 is 6.03 Å². The van der Waals surface area contributed by atoms with Gasteiger partial charge in [0.1, 0.15) is 5.75 Å². The van der Waals surface area contributed by atoms with Gasteiger partial charge < -0.3 is 20.3 Å². The minimum atomic E-state index is -0.679. The summed E-state index contributed by atoms with van der Waals surface area (Å²) in [6, 6.07) is 18.7. The van der Waals surface area contributed by atoms with Crippen LogP contribution in [0, 0.1) is 0 Å². The molecule has 1 heterocycles. The molecule has 8 heteroatoms. The molecule has 3 aromatic carbocycles. The van der Waals surface area contributed by atoms with Crippen molar-refractivity contribution in [1.29, 1.82) is 0 Å². The van der Waals surface area contributed by atoms with Crippen molar-refractivity contribution in [2.24, 2.45) is 0 Å². The fourth-order valence-electron chi connectivity index (χ4n) is 3.53. The Morgan fingerprint density at radius 2 is 1.68 bits per heavy atom. The molecule has 1 aliphatic rings. The van der Waals surface area contributed by atoms with E-state index in [2.05, 4.69) is 16.0 Å². The van der Waals surface area contributed by atoms with Crippen LogP contribution in [0.15, 0.2) is 66.7 Å². The first-order valence-electron chi connectivity index (χ1n) is 10.6. The second kappa shape index (κ2) is 9.50. The smallest absolute Gasteiger partial charge is 0.326 e. The monoisotopic (exact) mass is 456 g/mol. The van der Waals surface area contributed by atoms with Crippen molar-refractivity contribution in [2.45, 2.75) is 0 Å². The van der Waals surface area contributed by atoms with Crippen LogP contribution in [0.2, 0.25) is 0 Å². The van der Waals surface area contributed by atoms with Crippen LogP contribution in [0.1, 0.15) is 21.5 Å². The van der Waals surface area contributed by atoms with Crippen LogP contribution in [0.3, 0.4) is 0 Å². The largest absolute Gasteiger partial charge is 0.497 e. The topological polar surface area (TPSA) is 99.8 Å². The van der Waals surface area contributed by atoms with Crippen LogP contribution in [0.25, 0.3) is 11.6 Å². The molecule has 0 bridgehead atoms. The molecule has 0 atom stereocenters. The van der Waals surface area contributed by atoms with E-state index in [0.717, 1.165) is 16.8 Å². The van der Waals surface area contributed by atoms with Gasteiger partial charge in [0, 0.05) is 42.2 Å². The van der Waals surface area contributed by atoms with Crippen molar-refractivity contribution in [3.63, 3.8) is 0 Å². The van der Waals surface area contributed by atoms with Crippen LogP contribution in [0.5, 0.6) is 5.75 Å². The van der Waals surface area contributed by atoms with E-state index >= 15 is 0 Å². The van der Waals surface area contributed by atoms with E-state index in [4.69, 9.17) is 4.74 Å². The SMILES string of the molecule is COc1ccc(C(=O)NC(=O)Nc2ccc3c(c2)NC(=O)/C3=C/c2ccc(N(C)C)cc2)cc1. The summed E-state index contributed by atoms with van der Waals surface area (Å²) in [6.07, 6.45) is 1.83. The zero-order valence-corrected chi connectivity index (χ0v) is 19.0. The van der Waals surface area contributed by atoms with Gasteiger partial charge in [-0.05, 0) is 60.2 Å². The van der Waals surface area contributed by atoms with E-state index in [0.29, 0.717) is 28.3 Å². The molecule has 8 nitrogen and oxygen atoms in total. The lowest BCUT2D eigenvalue weighted by Gasteiger charge is -2.12. The number of anilines is 3. The summed E-state index contributed by atoms with van der Waals surface area (Å²) in [5.74, 6) is -0.150. The summed E-state index contributed by atoms with van der Waals surface area (Å²) in [4.78, 5) is 39.1. The second-order valence-corrected chi connectivity index (χ2v) is 7.90. The lowest BCUT2D eigenvalue weighted by atomic mass is 10.0. The molecule has 0 unspecified atom stereocenters. The van der Waals surface area contributed by atoms with Gasteiger partial charge in [0.15, 0.2) is 0 Å². The van der Waals surface area contributed by atoms with Crippen LogP contribution in [-0.4, -0.2) is 39.1 Å². The number of methoxy groups -OCH3 is 1. The molecule has 0 radical (unpaired) electrons. The second-order valence-electron chi connectivity index (χ2n) is 7.90. The van der Waals surface area contributed by atoms with E-state index < -0.39 is 11.9 Å². The first kappa shape index (κ1) is 22.6. The van der Waals surface area contributed by atoms with Crippen LogP contribution in [0.4, 0.5) is 21.9 Å². The Morgan fingerprint density at radius 1 is 0.971 bits per heavy atom. The maximum atomic E-state index is 12.6. The van der Waals surface area contributed by atoms with Crippen LogP contribution in [-0.2, 0) is 4.79 Å². The van der Waals surface area contributed by atoms with E-state index in [1.54, 1.807) is 42.5 Å². The van der Waals surface area contributed by atoms with Crippen molar-refractivity contribution in [3.8, 4) is 5.75 Å². The number of carbonyl (C=O) groups is 3. The molecule has 3 aromatic rings. The molecule has 0 saturated carbocycles. The predicted molar refractivity (Wildman–Crippen MR) is 133 cm³/mol. The highest BCUT2D eigenvalue weighted by atomic mass is 16.5. The Hall–Kier alpha value is -4.59. The zero-order valence-electron chi connectivity index (χ0n) is 19.0. The quantitative estimate of drug-likeness (QED) is 0.500. The first-order valence-corrected chi connectivity index (χ1v) is 10.6. The van der Waals surface area contributed by atoms with Gasteiger partial charge in [0.25, 0.3) is 11.8 Å². The summed E-state index contributed by atoms with van der Waals surface area (Å²) < 4.78 is 5.06. The average molecular weight is 457 g/mol. The molecule has 0 spiro atoms. The number of hydrogen-bond donors (Lipinski definition) is 3. The molecule has 0 aromatic heterocycles. The van der Waals surface area contributed by atoms with Crippen LogP contribution < -0.4 is 25.6 Å². The molecule has 1 aliphatic heterocycles. The number of nitrogens with zero attached hydrogens (tertiary/aromatic N) is 1. The van der Waals surface area contributed by atoms with Gasteiger partial charge in [-0.25, -0.2) is 4.79 Å². The molecule has 4 amide bonds. The molecule has 0 fully saturated rings. The lowest BCUT2D eigenvalue weighted by molar-refractivity contribution is -0.110. The van der Waals surface area contributed by atoms with Crippen molar-refractivity contribution in [1.82, 2.24) is 5.32 Å². The number of imide groups is 1. The molecule has 0 saturated heterocycles. The Kier molecular flexibility index (Phi) is 6.31. The maximum absolute atomic E-state index is 12.6. The molecular formula is C26H24N4O4. The van der Waals surface area contributed by atoms with E-state index in [1.807, 2.05) is 49.3 Å². The number of amides is 4. The van der Waals surface area contributed by atoms with Gasteiger partial charge in [0.2, 0.25) is 0 Å². The highest BCUT2D eigenvalue weighted by Crippen LogP contribution is 2.35. The maximum Gasteiger partial charge on any atom is 0.326 e. The minimum Gasteiger partial charge on any atom is -0.497 e. The summed E-state index contributed by atoms with van der Waals surface area (Å²) in [5.41, 5.74) is 4.60. The zero-order chi connectivity index (χ0) is 24.2. The fourth-order valence-corrected chi connectivity index (χ4v) is 3.53. The van der Waals surface area contributed by atoms with E-state index in [-0.39, 0.29) is 5.91 Å². The summed E-state index contributed by atoms with van der Waals surface area (Å²) in [5, 5.41) is 7.72. The standard InChI is InChI=1S/C26H24N4O4/c1-30(2)19-9-4-16(5-10-19)14-22-21-13-8-18(15-23(21)28-25(22)32)27-26(33)29-24(31)17-6-11-20(34-3)12-7-17/h4-15H,1-3H3,(H,28,32)(H2,27,29,31,33)/b22-14+. The van der Waals surface area contributed by atoms with Crippen LogP contribution >= 0.6 is 0 Å². The Balaban J connectivity index is 1.45. The van der Waals surface area contributed by atoms with E-state index in [1.165, 1.54) is 7.11 Å². The Labute approximate surface area is 197 Å². The van der Waals surface area contributed by atoms with Crippen molar-refractivity contribution in [3.05, 3.63) is 83.4 Å². The fraction of sp³-hybridized carbons (Fsp3) is 0.115. The third kappa shape index (κ3) is 4.91. The number of carbonyl (C=O) groups excluding carboxylic acids is 3. The van der Waals surface area contributed by atoms with Gasteiger partial charge in [-0.15, -0.1) is 0 Å². The molecular weight excluding hydrogens is 432 g/mol. The first-order chi connectivity index (χ1) is 16.3. The summed E-state index contributed by atoms with van der Waals surface area (Å²) >= 11 is 0. The van der Waals surface area contributed by atoms with Gasteiger partial charge in [-0.2, -0.15) is 0 Å². The molecule has 4 rings (SSSR count). The summed E-state index contributed by atoms with van der Waals surface area (Å²) in [7, 11) is 5.47. The third-order valence-corrected chi connectivity index (χ3v) is 5.36. The Morgan fingerprint density at radius 3 is 2.32 bits per heavy atom. The van der Waals surface area contributed by atoms with Gasteiger partial charge in [-0.1, -0.05) is 18.2 Å². The molecule has 0 aliphatic carbocycles. The predicted octanol–water partition coefficient (Wildman–Crippen LogP) is 4.22. The number of benzene rings is 3. The van der Waals surface area contributed by atoms with E-state index in [9.17, 15) is 14.4 Å². The number of nitrogens with one attached hydrogen (secondary N) is 3. The van der Waals surface area contributed by atoms with Gasteiger partial charge in [0.05, 0.1) is 12.8 Å². The number of rotatable bonds is 5. The molecule has 172 valence electrons. The van der Waals surface area contributed by atoms with Crippen molar-refractivity contribution in [2.75, 3.05) is 36.7 Å². The number of hydrogen-bond acceptors (Lipinski definition) is 5. The normalized spacial score (nSPS) is 13.1. The molecule has 3 N–H and O–H groups in total. The number of fused-ring (bicyclic) bond motifs is 1. The molecule has 34 heavy (non-hydrogen) atoms. The van der Waals surface area contributed by atoms with Crippen molar-refractivity contribution >= 4 is 46.6 Å².